The molecule has 0 atom stereocenters. The molecule has 2 aromatic carbocycles. The molecule has 148 valence electrons. The summed E-state index contributed by atoms with van der Waals surface area (Å²) < 4.78 is 0. The Morgan fingerprint density at radius 2 is 1.76 bits per heavy atom. The standard InChI is InChI=1S/C23H21ClN2O2S/c1-14(2)29-21-20(15-7-9-17(24)10-8-15)22(27)26(23(21)28)12-11-16-13-25-19-6-4-3-5-18(16)19/h3-10,13-14,25H,11-12H2,1-2H3. The van der Waals surface area contributed by atoms with Gasteiger partial charge in [0.25, 0.3) is 11.8 Å². The molecule has 1 aromatic heterocycles. The first-order valence-corrected chi connectivity index (χ1v) is 10.8. The van der Waals surface area contributed by atoms with E-state index in [1.165, 1.54) is 16.7 Å². The molecule has 0 spiro atoms. The van der Waals surface area contributed by atoms with Crippen LogP contribution in [0.1, 0.15) is 25.0 Å². The van der Waals surface area contributed by atoms with Crippen molar-refractivity contribution in [1.82, 2.24) is 9.88 Å². The minimum atomic E-state index is -0.236. The van der Waals surface area contributed by atoms with Crippen molar-refractivity contribution in [1.29, 1.82) is 0 Å². The SMILES string of the molecule is CC(C)SC1=C(c2ccc(Cl)cc2)C(=O)N(CCc2c[nH]c3ccccc23)C1=O. The molecular formula is C23H21ClN2O2S. The number of hydrogen-bond donors (Lipinski definition) is 1. The van der Waals surface area contributed by atoms with Gasteiger partial charge in [0.05, 0.1) is 10.5 Å². The number of halogens is 1. The molecule has 29 heavy (non-hydrogen) atoms. The summed E-state index contributed by atoms with van der Waals surface area (Å²) in [6.45, 7) is 4.38. The number of benzene rings is 2. The van der Waals surface area contributed by atoms with Crippen LogP contribution in [0.2, 0.25) is 5.02 Å². The number of carbonyl (C=O) groups is 2. The van der Waals surface area contributed by atoms with Gasteiger partial charge in [0.2, 0.25) is 0 Å². The Morgan fingerprint density at radius 3 is 2.48 bits per heavy atom. The number of imide groups is 1. The first-order chi connectivity index (χ1) is 14.0. The normalized spacial score (nSPS) is 14.7. The first-order valence-electron chi connectivity index (χ1n) is 9.53. The molecule has 0 saturated heterocycles. The average molecular weight is 425 g/mol. The highest BCUT2D eigenvalue weighted by Crippen LogP contribution is 2.38. The predicted molar refractivity (Wildman–Crippen MR) is 120 cm³/mol. The summed E-state index contributed by atoms with van der Waals surface area (Å²) in [7, 11) is 0. The molecule has 0 aliphatic carbocycles. The van der Waals surface area contributed by atoms with Gasteiger partial charge < -0.3 is 4.98 Å². The first kappa shape index (κ1) is 19.8. The zero-order valence-electron chi connectivity index (χ0n) is 16.2. The second-order valence-electron chi connectivity index (χ2n) is 7.25. The molecule has 0 unspecified atom stereocenters. The fourth-order valence-electron chi connectivity index (χ4n) is 3.54. The maximum absolute atomic E-state index is 13.2. The van der Waals surface area contributed by atoms with Gasteiger partial charge in [-0.15, -0.1) is 11.8 Å². The minimum Gasteiger partial charge on any atom is -0.361 e. The van der Waals surface area contributed by atoms with E-state index in [1.54, 1.807) is 24.3 Å². The van der Waals surface area contributed by atoms with Crippen LogP contribution in [-0.4, -0.2) is 33.5 Å². The summed E-state index contributed by atoms with van der Waals surface area (Å²) >= 11 is 7.44. The van der Waals surface area contributed by atoms with E-state index in [0.717, 1.165) is 22.0 Å². The van der Waals surface area contributed by atoms with E-state index in [0.29, 0.717) is 28.5 Å². The lowest BCUT2D eigenvalue weighted by atomic mass is 10.1. The molecule has 1 N–H and O–H groups in total. The zero-order chi connectivity index (χ0) is 20.5. The quantitative estimate of drug-likeness (QED) is 0.547. The van der Waals surface area contributed by atoms with Crippen LogP contribution in [0.4, 0.5) is 0 Å². The molecule has 0 saturated carbocycles. The van der Waals surface area contributed by atoms with Gasteiger partial charge in [-0.2, -0.15) is 0 Å². The third-order valence-electron chi connectivity index (χ3n) is 4.89. The number of thioether (sulfide) groups is 1. The number of rotatable bonds is 6. The maximum Gasteiger partial charge on any atom is 0.268 e. The van der Waals surface area contributed by atoms with Gasteiger partial charge >= 0.3 is 0 Å². The Morgan fingerprint density at radius 1 is 1.03 bits per heavy atom. The van der Waals surface area contributed by atoms with Crippen LogP contribution in [0.5, 0.6) is 0 Å². The molecule has 2 amide bonds. The fourth-order valence-corrected chi connectivity index (χ4v) is 4.68. The lowest BCUT2D eigenvalue weighted by Gasteiger charge is -2.15. The third kappa shape index (κ3) is 3.85. The van der Waals surface area contributed by atoms with Crippen LogP contribution in [0.15, 0.2) is 59.6 Å². The smallest absolute Gasteiger partial charge is 0.268 e. The highest BCUT2D eigenvalue weighted by Gasteiger charge is 2.39. The second-order valence-corrected chi connectivity index (χ2v) is 9.27. The largest absolute Gasteiger partial charge is 0.361 e. The van der Waals surface area contributed by atoms with Crippen molar-refractivity contribution in [3.63, 3.8) is 0 Å². The maximum atomic E-state index is 13.2. The Labute approximate surface area is 178 Å². The number of fused-ring (bicyclic) bond motifs is 1. The Balaban J connectivity index is 1.62. The molecule has 0 fully saturated rings. The second kappa shape index (κ2) is 8.09. The zero-order valence-corrected chi connectivity index (χ0v) is 17.8. The molecule has 0 bridgehead atoms. The Hall–Kier alpha value is -2.50. The topological polar surface area (TPSA) is 53.2 Å². The molecule has 2 heterocycles. The van der Waals surface area contributed by atoms with E-state index in [-0.39, 0.29) is 17.1 Å². The van der Waals surface area contributed by atoms with Crippen LogP contribution >= 0.6 is 23.4 Å². The number of hydrogen-bond acceptors (Lipinski definition) is 3. The number of carbonyl (C=O) groups excluding carboxylic acids is 2. The summed E-state index contributed by atoms with van der Waals surface area (Å²) in [6.07, 6.45) is 2.56. The highest BCUT2D eigenvalue weighted by molar-refractivity contribution is 8.04. The lowest BCUT2D eigenvalue weighted by Crippen LogP contribution is -2.33. The number of nitrogens with zero attached hydrogens (tertiary/aromatic N) is 1. The molecule has 1 aliphatic rings. The van der Waals surface area contributed by atoms with Crippen molar-refractivity contribution < 1.29 is 9.59 Å². The number of nitrogens with one attached hydrogen (secondary N) is 1. The van der Waals surface area contributed by atoms with E-state index in [1.807, 2.05) is 44.3 Å². The Bertz CT molecular complexity index is 1120. The molecule has 3 aromatic rings. The molecule has 4 rings (SSSR count). The summed E-state index contributed by atoms with van der Waals surface area (Å²) in [4.78, 5) is 31.5. The highest BCUT2D eigenvalue weighted by atomic mass is 35.5. The van der Waals surface area contributed by atoms with Crippen molar-refractivity contribution in [3.05, 3.63) is 75.8 Å². The van der Waals surface area contributed by atoms with E-state index in [2.05, 4.69) is 4.98 Å². The molecule has 6 heteroatoms. The van der Waals surface area contributed by atoms with Gasteiger partial charge in [-0.05, 0) is 35.7 Å². The minimum absolute atomic E-state index is 0.192. The van der Waals surface area contributed by atoms with E-state index in [4.69, 9.17) is 11.6 Å². The number of H-pyrrole nitrogens is 1. The van der Waals surface area contributed by atoms with E-state index >= 15 is 0 Å². The monoisotopic (exact) mass is 424 g/mol. The van der Waals surface area contributed by atoms with E-state index < -0.39 is 0 Å². The van der Waals surface area contributed by atoms with Gasteiger partial charge in [0.1, 0.15) is 0 Å². The van der Waals surface area contributed by atoms with Gasteiger partial charge in [-0.25, -0.2) is 0 Å². The summed E-state index contributed by atoms with van der Waals surface area (Å²) in [5.74, 6) is -0.446. The van der Waals surface area contributed by atoms with Crippen LogP contribution in [0, 0.1) is 0 Å². The van der Waals surface area contributed by atoms with Crippen molar-refractivity contribution in [3.8, 4) is 0 Å². The summed E-state index contributed by atoms with van der Waals surface area (Å²) in [5.41, 5.74) is 3.35. The Kier molecular flexibility index (Phi) is 5.52. The average Bonchev–Trinajstić information content (AvgIpc) is 3.20. The summed E-state index contributed by atoms with van der Waals surface area (Å²) in [6, 6.07) is 15.1. The molecular weight excluding hydrogens is 404 g/mol. The third-order valence-corrected chi connectivity index (χ3v) is 6.23. The number of aromatic amines is 1. The van der Waals surface area contributed by atoms with Crippen LogP contribution in [-0.2, 0) is 16.0 Å². The predicted octanol–water partition coefficient (Wildman–Crippen LogP) is 5.29. The number of para-hydroxylation sites is 1. The van der Waals surface area contributed by atoms with Crippen molar-refractivity contribution in [2.45, 2.75) is 25.5 Å². The van der Waals surface area contributed by atoms with Crippen LogP contribution in [0.3, 0.4) is 0 Å². The van der Waals surface area contributed by atoms with Crippen molar-refractivity contribution >= 4 is 51.7 Å². The van der Waals surface area contributed by atoms with Crippen molar-refractivity contribution in [2.24, 2.45) is 0 Å². The molecule has 1 aliphatic heterocycles. The lowest BCUT2D eigenvalue weighted by molar-refractivity contribution is -0.136. The van der Waals surface area contributed by atoms with Gasteiger partial charge in [-0.1, -0.05) is 55.8 Å². The van der Waals surface area contributed by atoms with Gasteiger partial charge in [0, 0.05) is 33.9 Å². The van der Waals surface area contributed by atoms with Crippen LogP contribution in [0.25, 0.3) is 16.5 Å². The molecule has 4 nitrogen and oxygen atoms in total. The summed E-state index contributed by atoms with van der Waals surface area (Å²) in [5, 5.41) is 1.91. The van der Waals surface area contributed by atoms with E-state index in [9.17, 15) is 9.59 Å². The molecule has 0 radical (unpaired) electrons. The van der Waals surface area contributed by atoms with Crippen LogP contribution < -0.4 is 0 Å². The fraction of sp³-hybridized carbons (Fsp3) is 0.217. The van der Waals surface area contributed by atoms with Gasteiger partial charge in [0.15, 0.2) is 0 Å². The number of aromatic nitrogens is 1. The van der Waals surface area contributed by atoms with Gasteiger partial charge in [-0.3, -0.25) is 14.5 Å². The number of amides is 2. The van der Waals surface area contributed by atoms with Crippen molar-refractivity contribution in [2.75, 3.05) is 6.54 Å².